The predicted octanol–water partition coefficient (Wildman–Crippen LogP) is 2.73. The van der Waals surface area contributed by atoms with Crippen LogP contribution >= 0.6 is 0 Å². The summed E-state index contributed by atoms with van der Waals surface area (Å²) < 4.78 is 7.41. The van der Waals surface area contributed by atoms with Gasteiger partial charge in [-0.3, -0.25) is 10.1 Å². The molecule has 2 rings (SSSR count). The average molecular weight is 290 g/mol. The summed E-state index contributed by atoms with van der Waals surface area (Å²) in [5.74, 6) is 1.14. The molecule has 1 N–H and O–H groups in total. The van der Waals surface area contributed by atoms with Gasteiger partial charge in [-0.2, -0.15) is 0 Å². The van der Waals surface area contributed by atoms with E-state index in [2.05, 4.69) is 10.3 Å². The first-order valence-electron chi connectivity index (χ1n) is 6.62. The topological polar surface area (TPSA) is 82.2 Å². The van der Waals surface area contributed by atoms with E-state index in [1.807, 2.05) is 31.7 Å². The monoisotopic (exact) mass is 290 g/mol. The highest BCUT2D eigenvalue weighted by Crippen LogP contribution is 2.31. The van der Waals surface area contributed by atoms with Crippen molar-refractivity contribution in [2.45, 2.75) is 26.5 Å². The number of hydrogen-bond donors (Lipinski definition) is 1. The second kappa shape index (κ2) is 6.25. The van der Waals surface area contributed by atoms with Gasteiger partial charge in [0.15, 0.2) is 5.75 Å². The summed E-state index contributed by atoms with van der Waals surface area (Å²) in [6.07, 6.45) is 3.45. The third-order valence-electron chi connectivity index (χ3n) is 2.89. The van der Waals surface area contributed by atoms with Crippen molar-refractivity contribution in [2.75, 3.05) is 5.32 Å². The summed E-state index contributed by atoms with van der Waals surface area (Å²) in [6.45, 7) is 4.19. The van der Waals surface area contributed by atoms with E-state index in [9.17, 15) is 10.1 Å². The smallest absolute Gasteiger partial charge is 0.311 e. The van der Waals surface area contributed by atoms with Crippen molar-refractivity contribution < 1.29 is 9.66 Å². The lowest BCUT2D eigenvalue weighted by atomic mass is 10.2. The molecule has 1 aromatic heterocycles. The molecule has 0 aliphatic carbocycles. The van der Waals surface area contributed by atoms with E-state index in [-0.39, 0.29) is 17.5 Å². The summed E-state index contributed by atoms with van der Waals surface area (Å²) in [6, 6.07) is 4.74. The Morgan fingerprint density at radius 2 is 2.24 bits per heavy atom. The van der Waals surface area contributed by atoms with Gasteiger partial charge in [-0.1, -0.05) is 0 Å². The van der Waals surface area contributed by atoms with Crippen LogP contribution in [0.2, 0.25) is 0 Å². The Morgan fingerprint density at radius 3 is 2.81 bits per heavy atom. The molecular weight excluding hydrogens is 272 g/mol. The van der Waals surface area contributed by atoms with Crippen LogP contribution in [0.1, 0.15) is 19.7 Å². The fourth-order valence-corrected chi connectivity index (χ4v) is 1.87. The van der Waals surface area contributed by atoms with Gasteiger partial charge in [0, 0.05) is 37.3 Å². The second-order valence-electron chi connectivity index (χ2n) is 4.91. The van der Waals surface area contributed by atoms with Crippen LogP contribution in [0, 0.1) is 10.1 Å². The molecule has 7 heteroatoms. The number of hydrogen-bond acceptors (Lipinski definition) is 5. The molecule has 0 bridgehead atoms. The molecule has 0 saturated carbocycles. The molecule has 0 unspecified atom stereocenters. The number of nitrogens with zero attached hydrogens (tertiary/aromatic N) is 3. The number of rotatable bonds is 6. The van der Waals surface area contributed by atoms with Gasteiger partial charge in [-0.05, 0) is 19.9 Å². The maximum atomic E-state index is 11.0. The molecule has 112 valence electrons. The van der Waals surface area contributed by atoms with Crippen molar-refractivity contribution in [1.29, 1.82) is 0 Å². The molecule has 2 aromatic rings. The fraction of sp³-hybridized carbons (Fsp3) is 0.357. The Kier molecular flexibility index (Phi) is 4.42. The molecule has 1 heterocycles. The van der Waals surface area contributed by atoms with E-state index < -0.39 is 4.92 Å². The van der Waals surface area contributed by atoms with Crippen LogP contribution in [-0.2, 0) is 13.6 Å². The SMILES string of the molecule is CC(C)Oc1cc(NCc2nccn2C)ccc1[N+](=O)[O-]. The summed E-state index contributed by atoms with van der Waals surface area (Å²) in [5, 5.41) is 14.2. The number of aryl methyl sites for hydroxylation is 1. The lowest BCUT2D eigenvalue weighted by Crippen LogP contribution is -2.09. The second-order valence-corrected chi connectivity index (χ2v) is 4.91. The van der Waals surface area contributed by atoms with Gasteiger partial charge in [0.05, 0.1) is 17.6 Å². The fourth-order valence-electron chi connectivity index (χ4n) is 1.87. The lowest BCUT2D eigenvalue weighted by molar-refractivity contribution is -0.386. The average Bonchev–Trinajstić information content (AvgIpc) is 2.81. The summed E-state index contributed by atoms with van der Waals surface area (Å²) >= 11 is 0. The molecular formula is C14H18N4O3. The number of ether oxygens (including phenoxy) is 1. The standard InChI is InChI=1S/C14H18N4O3/c1-10(2)21-13-8-11(4-5-12(13)18(19)20)16-9-14-15-6-7-17(14)3/h4-8,10,16H,9H2,1-3H3. The number of benzene rings is 1. The van der Waals surface area contributed by atoms with Crippen LogP contribution in [-0.4, -0.2) is 20.6 Å². The summed E-state index contributed by atoms with van der Waals surface area (Å²) in [4.78, 5) is 14.8. The minimum absolute atomic E-state index is 0.0359. The number of imidazole rings is 1. The van der Waals surface area contributed by atoms with Gasteiger partial charge >= 0.3 is 5.69 Å². The normalized spacial score (nSPS) is 10.7. The summed E-state index contributed by atoms with van der Waals surface area (Å²) in [5.41, 5.74) is 0.713. The maximum Gasteiger partial charge on any atom is 0.311 e. The summed E-state index contributed by atoms with van der Waals surface area (Å²) in [7, 11) is 1.91. The van der Waals surface area contributed by atoms with Gasteiger partial charge in [0.25, 0.3) is 0 Å². The highest BCUT2D eigenvalue weighted by atomic mass is 16.6. The van der Waals surface area contributed by atoms with Crippen molar-refractivity contribution in [3.8, 4) is 5.75 Å². The number of aromatic nitrogens is 2. The van der Waals surface area contributed by atoms with Crippen molar-refractivity contribution in [2.24, 2.45) is 7.05 Å². The van der Waals surface area contributed by atoms with Crippen molar-refractivity contribution in [3.05, 3.63) is 46.5 Å². The molecule has 1 aromatic carbocycles. The van der Waals surface area contributed by atoms with Gasteiger partial charge < -0.3 is 14.6 Å². The van der Waals surface area contributed by atoms with Crippen LogP contribution in [0.4, 0.5) is 11.4 Å². The molecule has 0 aliphatic rings. The van der Waals surface area contributed by atoms with E-state index in [0.717, 1.165) is 11.5 Å². The largest absolute Gasteiger partial charge is 0.484 e. The van der Waals surface area contributed by atoms with Crippen molar-refractivity contribution in [3.63, 3.8) is 0 Å². The Morgan fingerprint density at radius 1 is 1.48 bits per heavy atom. The molecule has 0 radical (unpaired) electrons. The van der Waals surface area contributed by atoms with Crippen LogP contribution in [0.25, 0.3) is 0 Å². The van der Waals surface area contributed by atoms with Crippen molar-refractivity contribution in [1.82, 2.24) is 9.55 Å². The minimum atomic E-state index is -0.444. The van der Waals surface area contributed by atoms with Gasteiger partial charge in [0.1, 0.15) is 5.82 Å². The molecule has 21 heavy (non-hydrogen) atoms. The highest BCUT2D eigenvalue weighted by Gasteiger charge is 2.16. The number of nitro benzene ring substituents is 1. The van der Waals surface area contributed by atoms with Crippen LogP contribution in [0.5, 0.6) is 5.75 Å². The lowest BCUT2D eigenvalue weighted by Gasteiger charge is -2.12. The molecule has 0 spiro atoms. The van der Waals surface area contributed by atoms with E-state index in [0.29, 0.717) is 6.54 Å². The first-order valence-corrected chi connectivity index (χ1v) is 6.62. The Hall–Kier alpha value is -2.57. The van der Waals surface area contributed by atoms with E-state index in [1.54, 1.807) is 18.3 Å². The molecule has 0 saturated heterocycles. The van der Waals surface area contributed by atoms with E-state index in [4.69, 9.17) is 4.74 Å². The Labute approximate surface area is 122 Å². The predicted molar refractivity (Wildman–Crippen MR) is 79.4 cm³/mol. The number of anilines is 1. The molecule has 0 amide bonds. The molecule has 7 nitrogen and oxygen atoms in total. The van der Waals surface area contributed by atoms with Crippen LogP contribution in [0.3, 0.4) is 0 Å². The highest BCUT2D eigenvalue weighted by molar-refractivity contribution is 5.58. The minimum Gasteiger partial charge on any atom is -0.484 e. The third kappa shape index (κ3) is 3.71. The quantitative estimate of drug-likeness (QED) is 0.653. The van der Waals surface area contributed by atoms with E-state index >= 15 is 0 Å². The Bertz CT molecular complexity index is 637. The van der Waals surface area contributed by atoms with Gasteiger partial charge in [0.2, 0.25) is 0 Å². The van der Waals surface area contributed by atoms with E-state index in [1.165, 1.54) is 6.07 Å². The number of nitro groups is 1. The zero-order chi connectivity index (χ0) is 15.4. The zero-order valence-corrected chi connectivity index (χ0v) is 12.2. The first kappa shape index (κ1) is 14.8. The maximum absolute atomic E-state index is 11.0. The molecule has 0 aliphatic heterocycles. The number of nitrogens with one attached hydrogen (secondary N) is 1. The van der Waals surface area contributed by atoms with Crippen LogP contribution < -0.4 is 10.1 Å². The van der Waals surface area contributed by atoms with Crippen LogP contribution in [0.15, 0.2) is 30.6 Å². The zero-order valence-electron chi connectivity index (χ0n) is 12.2. The third-order valence-corrected chi connectivity index (χ3v) is 2.89. The molecule has 0 fully saturated rings. The van der Waals surface area contributed by atoms with Gasteiger partial charge in [-0.25, -0.2) is 4.98 Å². The Balaban J connectivity index is 2.17. The molecule has 0 atom stereocenters. The first-order chi connectivity index (χ1) is 9.97. The van der Waals surface area contributed by atoms with Gasteiger partial charge in [-0.15, -0.1) is 0 Å². The van der Waals surface area contributed by atoms with Crippen molar-refractivity contribution >= 4 is 11.4 Å².